The summed E-state index contributed by atoms with van der Waals surface area (Å²) in [5.41, 5.74) is 1.98. The maximum atomic E-state index is 12.7. The van der Waals surface area contributed by atoms with Crippen LogP contribution in [0, 0.1) is 6.92 Å². The molecule has 0 aliphatic carbocycles. The van der Waals surface area contributed by atoms with Crippen LogP contribution in [0.3, 0.4) is 0 Å². The average molecular weight is 390 g/mol. The van der Waals surface area contributed by atoms with Crippen LogP contribution >= 0.6 is 0 Å². The van der Waals surface area contributed by atoms with E-state index in [1.54, 1.807) is 48.5 Å². The van der Waals surface area contributed by atoms with Gasteiger partial charge in [-0.3, -0.25) is 9.10 Å². The molecule has 2 N–H and O–H groups in total. The minimum atomic E-state index is -3.65. The van der Waals surface area contributed by atoms with E-state index in [2.05, 4.69) is 10.6 Å². The highest BCUT2D eigenvalue weighted by Crippen LogP contribution is 2.22. The highest BCUT2D eigenvalue weighted by atomic mass is 32.2. The second kappa shape index (κ2) is 9.01. The summed E-state index contributed by atoms with van der Waals surface area (Å²) < 4.78 is 26.7. The summed E-state index contributed by atoms with van der Waals surface area (Å²) in [6.07, 6.45) is 0. The predicted molar refractivity (Wildman–Crippen MR) is 109 cm³/mol. The zero-order valence-corrected chi connectivity index (χ0v) is 17.0. The monoisotopic (exact) mass is 389 g/mol. The van der Waals surface area contributed by atoms with E-state index in [-0.39, 0.29) is 16.8 Å². The van der Waals surface area contributed by atoms with Crippen molar-refractivity contribution in [1.82, 2.24) is 10.6 Å². The highest BCUT2D eigenvalue weighted by Gasteiger charge is 2.21. The number of hydrogen-bond donors (Lipinski definition) is 2. The molecule has 2 rings (SSSR count). The minimum Gasteiger partial charge on any atom is -0.350 e. The van der Waals surface area contributed by atoms with Crippen LogP contribution in [0.15, 0.2) is 53.4 Å². The molecule has 1 atom stereocenters. The van der Waals surface area contributed by atoms with Crippen molar-refractivity contribution in [2.24, 2.45) is 0 Å². The number of hydrogen-bond acceptors (Lipinski definition) is 4. The lowest BCUT2D eigenvalue weighted by atomic mass is 10.2. The van der Waals surface area contributed by atoms with Crippen LogP contribution in [0.25, 0.3) is 0 Å². The van der Waals surface area contributed by atoms with Crippen molar-refractivity contribution in [1.29, 1.82) is 0 Å². The molecule has 0 aromatic heterocycles. The summed E-state index contributed by atoms with van der Waals surface area (Å²) in [6.45, 7) is 7.28. The third-order valence-corrected chi connectivity index (χ3v) is 6.09. The van der Waals surface area contributed by atoms with E-state index < -0.39 is 10.0 Å². The molecule has 2 aromatic carbocycles. The zero-order chi connectivity index (χ0) is 20.0. The molecule has 2 aromatic rings. The van der Waals surface area contributed by atoms with E-state index in [1.807, 2.05) is 20.8 Å². The first-order chi connectivity index (χ1) is 12.8. The fourth-order valence-electron chi connectivity index (χ4n) is 2.60. The van der Waals surface area contributed by atoms with Crippen LogP contribution in [-0.2, 0) is 10.0 Å². The quantitative estimate of drug-likeness (QED) is 0.727. The van der Waals surface area contributed by atoms with E-state index in [4.69, 9.17) is 0 Å². The second-order valence-electron chi connectivity index (χ2n) is 6.50. The molecule has 0 fully saturated rings. The molecule has 0 aliphatic rings. The minimum absolute atomic E-state index is 0.184. The van der Waals surface area contributed by atoms with Crippen LogP contribution in [0.2, 0.25) is 0 Å². The van der Waals surface area contributed by atoms with Crippen molar-refractivity contribution < 1.29 is 13.2 Å². The highest BCUT2D eigenvalue weighted by molar-refractivity contribution is 7.92. The number of nitrogens with one attached hydrogen (secondary N) is 2. The van der Waals surface area contributed by atoms with E-state index >= 15 is 0 Å². The zero-order valence-electron chi connectivity index (χ0n) is 16.2. The Labute approximate surface area is 161 Å². The van der Waals surface area contributed by atoms with Crippen LogP contribution in [0.1, 0.15) is 29.8 Å². The Balaban J connectivity index is 2.09. The number of anilines is 1. The van der Waals surface area contributed by atoms with E-state index in [1.165, 1.54) is 11.4 Å². The largest absolute Gasteiger partial charge is 0.350 e. The fourth-order valence-corrected chi connectivity index (χ4v) is 3.79. The molecule has 0 saturated carbocycles. The Morgan fingerprint density at radius 1 is 1.07 bits per heavy atom. The number of carbonyl (C=O) groups is 1. The molecule has 0 aliphatic heterocycles. The normalized spacial score (nSPS) is 12.4. The summed E-state index contributed by atoms with van der Waals surface area (Å²) in [5.74, 6) is -0.185. The van der Waals surface area contributed by atoms with Gasteiger partial charge in [0.05, 0.1) is 10.6 Å². The van der Waals surface area contributed by atoms with Gasteiger partial charge in [-0.2, -0.15) is 0 Å². The third kappa shape index (κ3) is 5.30. The molecule has 0 bridgehead atoms. The Hall–Kier alpha value is -2.38. The van der Waals surface area contributed by atoms with Gasteiger partial charge in [0.1, 0.15) is 0 Å². The van der Waals surface area contributed by atoms with Gasteiger partial charge in [-0.15, -0.1) is 0 Å². The van der Waals surface area contributed by atoms with Gasteiger partial charge in [0.15, 0.2) is 0 Å². The number of sulfonamides is 1. The molecule has 0 heterocycles. The van der Waals surface area contributed by atoms with Gasteiger partial charge >= 0.3 is 0 Å². The number of benzene rings is 2. The van der Waals surface area contributed by atoms with Crippen molar-refractivity contribution in [3.8, 4) is 0 Å². The summed E-state index contributed by atoms with van der Waals surface area (Å²) in [4.78, 5) is 12.4. The second-order valence-corrected chi connectivity index (χ2v) is 8.47. The van der Waals surface area contributed by atoms with E-state index in [9.17, 15) is 13.2 Å². The van der Waals surface area contributed by atoms with Crippen LogP contribution < -0.4 is 14.9 Å². The smallest absolute Gasteiger partial charge is 0.264 e. The molecule has 0 unspecified atom stereocenters. The van der Waals surface area contributed by atoms with Crippen molar-refractivity contribution in [2.45, 2.75) is 31.7 Å². The Kier molecular flexibility index (Phi) is 6.98. The van der Waals surface area contributed by atoms with Gasteiger partial charge in [-0.05, 0) is 56.8 Å². The topological polar surface area (TPSA) is 78.5 Å². The molecule has 0 radical (unpaired) electrons. The number of amides is 1. The lowest BCUT2D eigenvalue weighted by Gasteiger charge is -2.20. The fraction of sp³-hybridized carbons (Fsp3) is 0.350. The Morgan fingerprint density at radius 2 is 1.67 bits per heavy atom. The van der Waals surface area contributed by atoms with Gasteiger partial charge in [0, 0.05) is 25.2 Å². The van der Waals surface area contributed by atoms with Gasteiger partial charge in [0.2, 0.25) is 0 Å². The first-order valence-electron chi connectivity index (χ1n) is 8.93. The molecule has 1 amide bonds. The number of carbonyl (C=O) groups excluding carboxylic acids is 1. The summed E-state index contributed by atoms with van der Waals surface area (Å²) in [7, 11) is -2.14. The molecule has 146 valence electrons. The summed E-state index contributed by atoms with van der Waals surface area (Å²) in [6, 6.07) is 13.4. The molecule has 27 heavy (non-hydrogen) atoms. The van der Waals surface area contributed by atoms with Gasteiger partial charge in [-0.1, -0.05) is 24.6 Å². The van der Waals surface area contributed by atoms with Crippen molar-refractivity contribution >= 4 is 21.6 Å². The predicted octanol–water partition coefficient (Wildman–Crippen LogP) is 2.55. The molecule has 0 saturated heterocycles. The van der Waals surface area contributed by atoms with Crippen LogP contribution in [0.5, 0.6) is 0 Å². The van der Waals surface area contributed by atoms with Crippen LogP contribution in [-0.4, -0.2) is 40.5 Å². The summed E-state index contributed by atoms with van der Waals surface area (Å²) in [5, 5.41) is 6.08. The van der Waals surface area contributed by atoms with E-state index in [0.717, 1.165) is 12.1 Å². The lowest BCUT2D eigenvalue weighted by molar-refractivity contribution is 0.0950. The number of likely N-dealkylation sites (N-methyl/N-ethyl adjacent to an activating group) is 1. The molecule has 7 heteroatoms. The first kappa shape index (κ1) is 20.9. The third-order valence-electron chi connectivity index (χ3n) is 4.29. The maximum absolute atomic E-state index is 12.7. The van der Waals surface area contributed by atoms with Crippen molar-refractivity contribution in [2.75, 3.05) is 24.4 Å². The molecule has 0 spiro atoms. The number of aryl methyl sites for hydroxylation is 1. The lowest BCUT2D eigenvalue weighted by Crippen LogP contribution is -2.38. The average Bonchev–Trinajstić information content (AvgIpc) is 2.66. The maximum Gasteiger partial charge on any atom is 0.264 e. The SMILES string of the molecule is CCN[C@H](C)CNC(=O)c1ccc(N(C)S(=O)(=O)c2ccc(C)cc2)cc1. The van der Waals surface area contributed by atoms with Crippen molar-refractivity contribution in [3.05, 3.63) is 59.7 Å². The number of rotatable bonds is 8. The Bertz CT molecular complexity index is 862. The first-order valence-corrected chi connectivity index (χ1v) is 10.4. The summed E-state index contributed by atoms with van der Waals surface area (Å²) >= 11 is 0. The van der Waals surface area contributed by atoms with Gasteiger partial charge in [0.25, 0.3) is 15.9 Å². The van der Waals surface area contributed by atoms with E-state index in [0.29, 0.717) is 17.8 Å². The Morgan fingerprint density at radius 3 is 2.22 bits per heavy atom. The molecular formula is C20H27N3O3S. The molecular weight excluding hydrogens is 362 g/mol. The van der Waals surface area contributed by atoms with Gasteiger partial charge in [-0.25, -0.2) is 8.42 Å². The number of nitrogens with zero attached hydrogens (tertiary/aromatic N) is 1. The molecule has 6 nitrogen and oxygen atoms in total. The van der Waals surface area contributed by atoms with Crippen molar-refractivity contribution in [3.63, 3.8) is 0 Å². The van der Waals surface area contributed by atoms with Crippen LogP contribution in [0.4, 0.5) is 5.69 Å². The van der Waals surface area contributed by atoms with Gasteiger partial charge < -0.3 is 10.6 Å². The standard InChI is InChI=1S/C20H27N3O3S/c1-5-21-16(3)14-22-20(24)17-8-10-18(11-9-17)23(4)27(25,26)19-12-6-15(2)7-13-19/h6-13,16,21H,5,14H2,1-4H3,(H,22,24)/t16-/m1/s1.